The summed E-state index contributed by atoms with van der Waals surface area (Å²) in [5.74, 6) is -0.348. The van der Waals surface area contributed by atoms with Crippen molar-refractivity contribution in [2.45, 2.75) is 32.4 Å². The average Bonchev–Trinajstić information content (AvgIpc) is 2.80. The van der Waals surface area contributed by atoms with E-state index in [1.54, 1.807) is 29.2 Å². The predicted octanol–water partition coefficient (Wildman–Crippen LogP) is 5.83. The first-order valence-electron chi connectivity index (χ1n) is 10.6. The molecule has 6 heteroatoms. The standard InChI is InChI=1S/C26H26Cl2N2O2/c1-2-16-29-26(32)25(21-6-4-3-5-7-21)30(18-20-10-14-23(28)15-11-20)24(31)17-19-8-12-22(27)13-9-19/h3-15,25H,2,16-18H2,1H3,(H,29,32)/t25-/m1/s1. The quantitative estimate of drug-likeness (QED) is 0.429. The monoisotopic (exact) mass is 468 g/mol. The van der Waals surface area contributed by atoms with E-state index in [0.717, 1.165) is 23.1 Å². The minimum Gasteiger partial charge on any atom is -0.354 e. The van der Waals surface area contributed by atoms with Crippen molar-refractivity contribution >= 4 is 35.0 Å². The molecule has 0 aliphatic heterocycles. The van der Waals surface area contributed by atoms with Gasteiger partial charge in [0.25, 0.3) is 0 Å². The largest absolute Gasteiger partial charge is 0.354 e. The molecule has 0 aliphatic rings. The highest BCUT2D eigenvalue weighted by atomic mass is 35.5. The molecule has 1 N–H and O–H groups in total. The lowest BCUT2D eigenvalue weighted by molar-refractivity contribution is -0.141. The maximum atomic E-state index is 13.5. The number of carbonyl (C=O) groups excluding carboxylic acids is 2. The van der Waals surface area contributed by atoms with Gasteiger partial charge in [-0.05, 0) is 47.4 Å². The molecule has 0 heterocycles. The number of hydrogen-bond donors (Lipinski definition) is 1. The molecule has 3 rings (SSSR count). The Morgan fingerprint density at radius 3 is 1.97 bits per heavy atom. The first-order valence-corrected chi connectivity index (χ1v) is 11.3. The van der Waals surface area contributed by atoms with Gasteiger partial charge in [-0.25, -0.2) is 0 Å². The van der Waals surface area contributed by atoms with Crippen molar-refractivity contribution < 1.29 is 9.59 Å². The molecule has 0 spiro atoms. The summed E-state index contributed by atoms with van der Waals surface area (Å²) in [5, 5.41) is 4.19. The van der Waals surface area contributed by atoms with Crippen LogP contribution < -0.4 is 5.32 Å². The van der Waals surface area contributed by atoms with E-state index in [1.165, 1.54) is 0 Å². The van der Waals surface area contributed by atoms with Crippen LogP contribution in [0, 0.1) is 0 Å². The smallest absolute Gasteiger partial charge is 0.247 e. The molecular formula is C26H26Cl2N2O2. The fourth-order valence-electron chi connectivity index (χ4n) is 3.44. The lowest BCUT2D eigenvalue weighted by Gasteiger charge is -2.32. The second-order valence-corrected chi connectivity index (χ2v) is 8.43. The van der Waals surface area contributed by atoms with Crippen LogP contribution in [0.1, 0.15) is 36.1 Å². The van der Waals surface area contributed by atoms with E-state index in [0.29, 0.717) is 16.6 Å². The molecule has 0 radical (unpaired) electrons. The zero-order chi connectivity index (χ0) is 22.9. The third-order valence-corrected chi connectivity index (χ3v) is 5.58. The van der Waals surface area contributed by atoms with Crippen molar-refractivity contribution in [3.05, 3.63) is 106 Å². The number of carbonyl (C=O) groups is 2. The molecular weight excluding hydrogens is 443 g/mol. The highest BCUT2D eigenvalue weighted by molar-refractivity contribution is 6.30. The normalized spacial score (nSPS) is 11.6. The van der Waals surface area contributed by atoms with Gasteiger partial charge < -0.3 is 10.2 Å². The zero-order valence-corrected chi connectivity index (χ0v) is 19.4. The molecule has 166 valence electrons. The SMILES string of the molecule is CCCNC(=O)[C@@H](c1ccccc1)N(Cc1ccc(Cl)cc1)C(=O)Cc1ccc(Cl)cc1. The lowest BCUT2D eigenvalue weighted by Crippen LogP contribution is -2.44. The Morgan fingerprint density at radius 2 is 1.41 bits per heavy atom. The lowest BCUT2D eigenvalue weighted by atomic mass is 10.0. The fraction of sp³-hybridized carbons (Fsp3) is 0.231. The summed E-state index contributed by atoms with van der Waals surface area (Å²) >= 11 is 12.0. The highest BCUT2D eigenvalue weighted by Gasteiger charge is 2.31. The molecule has 32 heavy (non-hydrogen) atoms. The minimum absolute atomic E-state index is 0.150. The molecule has 0 saturated carbocycles. The summed E-state index contributed by atoms with van der Waals surface area (Å²) in [6.45, 7) is 2.82. The van der Waals surface area contributed by atoms with Crippen LogP contribution in [-0.2, 0) is 22.6 Å². The van der Waals surface area contributed by atoms with Gasteiger partial charge in [-0.3, -0.25) is 9.59 Å². The number of halogens is 2. The van der Waals surface area contributed by atoms with Crippen LogP contribution in [0.2, 0.25) is 10.0 Å². The molecule has 3 aromatic carbocycles. The van der Waals surface area contributed by atoms with Gasteiger partial charge in [0.05, 0.1) is 6.42 Å². The van der Waals surface area contributed by atoms with E-state index in [9.17, 15) is 9.59 Å². The van der Waals surface area contributed by atoms with E-state index in [-0.39, 0.29) is 24.8 Å². The molecule has 4 nitrogen and oxygen atoms in total. The Labute approximate surface area is 199 Å². The van der Waals surface area contributed by atoms with Gasteiger partial charge in [0.15, 0.2) is 0 Å². The third kappa shape index (κ3) is 6.59. The van der Waals surface area contributed by atoms with Crippen LogP contribution in [0.25, 0.3) is 0 Å². The summed E-state index contributed by atoms with van der Waals surface area (Å²) in [6, 6.07) is 23.1. The van der Waals surface area contributed by atoms with E-state index < -0.39 is 6.04 Å². The number of hydrogen-bond acceptors (Lipinski definition) is 2. The first kappa shape index (κ1) is 23.8. The molecule has 0 aliphatic carbocycles. The third-order valence-electron chi connectivity index (χ3n) is 5.08. The summed E-state index contributed by atoms with van der Waals surface area (Å²) < 4.78 is 0. The first-order chi connectivity index (χ1) is 15.5. The summed E-state index contributed by atoms with van der Waals surface area (Å²) in [6.07, 6.45) is 0.971. The topological polar surface area (TPSA) is 49.4 Å². The van der Waals surface area contributed by atoms with Crippen LogP contribution in [0.5, 0.6) is 0 Å². The van der Waals surface area contributed by atoms with Gasteiger partial charge in [-0.2, -0.15) is 0 Å². The number of nitrogens with one attached hydrogen (secondary N) is 1. The molecule has 0 aromatic heterocycles. The summed E-state index contributed by atoms with van der Waals surface area (Å²) in [7, 11) is 0. The van der Waals surface area contributed by atoms with Crippen molar-refractivity contribution in [1.29, 1.82) is 0 Å². The minimum atomic E-state index is -0.752. The molecule has 3 aromatic rings. The van der Waals surface area contributed by atoms with Crippen molar-refractivity contribution in [3.8, 4) is 0 Å². The molecule has 2 amide bonds. The van der Waals surface area contributed by atoms with Crippen molar-refractivity contribution in [2.75, 3.05) is 6.54 Å². The fourth-order valence-corrected chi connectivity index (χ4v) is 3.69. The van der Waals surface area contributed by atoms with Gasteiger partial charge in [-0.1, -0.05) is 84.7 Å². The molecule has 1 atom stereocenters. The maximum absolute atomic E-state index is 13.5. The Morgan fingerprint density at radius 1 is 0.844 bits per heavy atom. The van der Waals surface area contributed by atoms with Crippen molar-refractivity contribution in [2.24, 2.45) is 0 Å². The molecule has 0 unspecified atom stereocenters. The Bertz CT molecular complexity index is 1020. The predicted molar refractivity (Wildman–Crippen MR) is 130 cm³/mol. The summed E-state index contributed by atoms with van der Waals surface area (Å²) in [5.41, 5.74) is 2.49. The highest BCUT2D eigenvalue weighted by Crippen LogP contribution is 2.25. The van der Waals surface area contributed by atoms with Crippen LogP contribution in [0.4, 0.5) is 0 Å². The van der Waals surface area contributed by atoms with Crippen LogP contribution in [0.3, 0.4) is 0 Å². The number of rotatable bonds is 9. The number of nitrogens with zero attached hydrogens (tertiary/aromatic N) is 1. The molecule has 0 bridgehead atoms. The second-order valence-electron chi connectivity index (χ2n) is 7.56. The van der Waals surface area contributed by atoms with Crippen molar-refractivity contribution in [1.82, 2.24) is 10.2 Å². The van der Waals surface area contributed by atoms with Crippen LogP contribution in [-0.4, -0.2) is 23.3 Å². The van der Waals surface area contributed by atoms with Crippen LogP contribution >= 0.6 is 23.2 Å². The van der Waals surface area contributed by atoms with Gasteiger partial charge in [0.1, 0.15) is 6.04 Å². The van der Waals surface area contributed by atoms with E-state index in [4.69, 9.17) is 23.2 Å². The zero-order valence-electron chi connectivity index (χ0n) is 17.9. The maximum Gasteiger partial charge on any atom is 0.247 e. The van der Waals surface area contributed by atoms with Gasteiger partial charge in [0.2, 0.25) is 11.8 Å². The van der Waals surface area contributed by atoms with Gasteiger partial charge in [0, 0.05) is 23.1 Å². The van der Waals surface area contributed by atoms with E-state index >= 15 is 0 Å². The average molecular weight is 469 g/mol. The Balaban J connectivity index is 1.97. The van der Waals surface area contributed by atoms with Crippen LogP contribution in [0.15, 0.2) is 78.9 Å². The Kier molecular flexibility index (Phi) is 8.72. The molecule has 0 fully saturated rings. The Hall–Kier alpha value is -2.82. The number of amides is 2. The van der Waals surface area contributed by atoms with E-state index in [2.05, 4.69) is 5.32 Å². The molecule has 0 saturated heterocycles. The summed E-state index contributed by atoms with van der Waals surface area (Å²) in [4.78, 5) is 28.4. The van der Waals surface area contributed by atoms with E-state index in [1.807, 2.05) is 61.5 Å². The number of benzene rings is 3. The second kappa shape index (κ2) is 11.7. The van der Waals surface area contributed by atoms with Gasteiger partial charge in [-0.15, -0.1) is 0 Å². The van der Waals surface area contributed by atoms with Crippen molar-refractivity contribution in [3.63, 3.8) is 0 Å². The van der Waals surface area contributed by atoms with Gasteiger partial charge >= 0.3 is 0 Å².